The number of amides is 1. The third-order valence-electron chi connectivity index (χ3n) is 6.60. The molecule has 1 amide bonds. The largest absolute Gasteiger partial charge is 0.481 e. The van der Waals surface area contributed by atoms with Gasteiger partial charge >= 0.3 is 5.97 Å². The number of nitriles is 1. The minimum atomic E-state index is -3.88. The van der Waals surface area contributed by atoms with Gasteiger partial charge in [0.05, 0.1) is 22.4 Å². The molecule has 8 nitrogen and oxygen atoms in total. The van der Waals surface area contributed by atoms with Gasteiger partial charge in [-0.2, -0.15) is 9.57 Å². The van der Waals surface area contributed by atoms with Crippen LogP contribution in [-0.2, 0) is 19.6 Å². The number of hydrogen-bond acceptors (Lipinski definition) is 5. The molecule has 0 spiro atoms. The molecular weight excluding hydrogens is 490 g/mol. The van der Waals surface area contributed by atoms with E-state index in [1.807, 2.05) is 0 Å². The summed E-state index contributed by atoms with van der Waals surface area (Å²) in [7, 11) is -3.88. The van der Waals surface area contributed by atoms with Crippen molar-refractivity contribution in [1.29, 1.82) is 5.26 Å². The Kier molecular flexibility index (Phi) is 7.71. The molecule has 0 saturated carbocycles. The molecule has 1 fully saturated rings. The molecule has 2 atom stereocenters. The first-order valence-electron chi connectivity index (χ1n) is 12.0. The molecule has 4 rings (SSSR count). The van der Waals surface area contributed by atoms with Gasteiger partial charge in [-0.3, -0.25) is 9.59 Å². The zero-order valence-corrected chi connectivity index (χ0v) is 21.1. The van der Waals surface area contributed by atoms with Gasteiger partial charge in [0.2, 0.25) is 15.9 Å². The SMILES string of the molecule is CCC(C(=O)O)c1ccc(-c2ccccc2C#N)c(NC(=O)[C@@H]2CCCN2S(=O)(=O)c2ccccc2)c1. The Labute approximate surface area is 216 Å². The van der Waals surface area contributed by atoms with Crippen LogP contribution >= 0.6 is 0 Å². The van der Waals surface area contributed by atoms with E-state index in [0.717, 1.165) is 0 Å². The van der Waals surface area contributed by atoms with Gasteiger partial charge in [-0.1, -0.05) is 55.5 Å². The highest BCUT2D eigenvalue weighted by Gasteiger charge is 2.39. The lowest BCUT2D eigenvalue weighted by Crippen LogP contribution is -2.43. The van der Waals surface area contributed by atoms with Crippen LogP contribution in [0.5, 0.6) is 0 Å². The van der Waals surface area contributed by atoms with E-state index in [2.05, 4.69) is 11.4 Å². The normalized spacial score (nSPS) is 16.6. The lowest BCUT2D eigenvalue weighted by Gasteiger charge is -2.24. The van der Waals surface area contributed by atoms with Gasteiger partial charge in [0.1, 0.15) is 6.04 Å². The van der Waals surface area contributed by atoms with Gasteiger partial charge in [0, 0.05) is 23.4 Å². The highest BCUT2D eigenvalue weighted by molar-refractivity contribution is 7.89. The molecule has 1 heterocycles. The van der Waals surface area contributed by atoms with E-state index in [-0.39, 0.29) is 11.4 Å². The predicted molar refractivity (Wildman–Crippen MR) is 139 cm³/mol. The summed E-state index contributed by atoms with van der Waals surface area (Å²) in [5.41, 5.74) is 2.35. The molecule has 3 aromatic carbocycles. The van der Waals surface area contributed by atoms with Crippen LogP contribution < -0.4 is 5.32 Å². The van der Waals surface area contributed by atoms with Crippen LogP contribution in [0, 0.1) is 11.3 Å². The summed E-state index contributed by atoms with van der Waals surface area (Å²) in [4.78, 5) is 25.5. The molecule has 37 heavy (non-hydrogen) atoms. The van der Waals surface area contributed by atoms with Crippen LogP contribution in [-0.4, -0.2) is 42.3 Å². The Morgan fingerprint density at radius 2 is 1.78 bits per heavy atom. The molecule has 9 heteroatoms. The summed E-state index contributed by atoms with van der Waals surface area (Å²) in [5, 5.41) is 22.2. The molecule has 3 aromatic rings. The van der Waals surface area contributed by atoms with Crippen LogP contribution in [0.1, 0.15) is 43.2 Å². The molecule has 0 aliphatic carbocycles. The van der Waals surface area contributed by atoms with Crippen LogP contribution in [0.4, 0.5) is 5.69 Å². The Hall–Kier alpha value is -4.00. The van der Waals surface area contributed by atoms with Crippen LogP contribution in [0.3, 0.4) is 0 Å². The maximum Gasteiger partial charge on any atom is 0.310 e. The average Bonchev–Trinajstić information content (AvgIpc) is 3.41. The minimum Gasteiger partial charge on any atom is -0.481 e. The second-order valence-corrected chi connectivity index (χ2v) is 10.7. The fourth-order valence-electron chi connectivity index (χ4n) is 4.72. The summed E-state index contributed by atoms with van der Waals surface area (Å²) in [6, 6.07) is 21.1. The fraction of sp³-hybridized carbons (Fsp3) is 0.250. The highest BCUT2D eigenvalue weighted by Crippen LogP contribution is 2.35. The molecule has 1 saturated heterocycles. The predicted octanol–water partition coefficient (Wildman–Crippen LogP) is 4.60. The van der Waals surface area contributed by atoms with Crippen molar-refractivity contribution in [2.45, 2.75) is 43.0 Å². The zero-order valence-electron chi connectivity index (χ0n) is 20.3. The molecule has 0 bridgehead atoms. The van der Waals surface area contributed by atoms with E-state index in [1.54, 1.807) is 67.6 Å². The van der Waals surface area contributed by atoms with E-state index >= 15 is 0 Å². The van der Waals surface area contributed by atoms with Crippen molar-refractivity contribution in [3.8, 4) is 17.2 Å². The monoisotopic (exact) mass is 517 g/mol. The molecule has 0 radical (unpaired) electrons. The summed E-state index contributed by atoms with van der Waals surface area (Å²) in [6.07, 6.45) is 1.24. The molecule has 0 aromatic heterocycles. The third kappa shape index (κ3) is 5.26. The average molecular weight is 518 g/mol. The van der Waals surface area contributed by atoms with Crippen molar-refractivity contribution in [2.75, 3.05) is 11.9 Å². The lowest BCUT2D eigenvalue weighted by atomic mass is 9.91. The van der Waals surface area contributed by atoms with E-state index in [1.165, 1.54) is 16.4 Å². The van der Waals surface area contributed by atoms with Gasteiger partial charge in [-0.25, -0.2) is 8.42 Å². The number of rotatable bonds is 8. The Morgan fingerprint density at radius 3 is 2.46 bits per heavy atom. The number of hydrogen-bond donors (Lipinski definition) is 2. The van der Waals surface area contributed by atoms with Gasteiger partial charge in [0.25, 0.3) is 0 Å². The summed E-state index contributed by atoms with van der Waals surface area (Å²) >= 11 is 0. The third-order valence-corrected chi connectivity index (χ3v) is 8.53. The van der Waals surface area contributed by atoms with Gasteiger partial charge in [-0.15, -0.1) is 0 Å². The standard InChI is InChI=1S/C28H27N3O5S/c1-2-22(28(33)34)19-14-15-24(23-12-7-6-9-20(23)18-29)25(17-19)30-27(32)26-13-8-16-31(26)37(35,36)21-10-4-3-5-11-21/h3-7,9-12,14-15,17,22,26H,2,8,13,16H2,1H3,(H,30,32)(H,33,34)/t22?,26-/m0/s1. The molecular formula is C28H27N3O5S. The maximum atomic E-state index is 13.5. The lowest BCUT2D eigenvalue weighted by molar-refractivity contribution is -0.138. The Balaban J connectivity index is 1.74. The zero-order chi connectivity index (χ0) is 26.6. The van der Waals surface area contributed by atoms with E-state index in [9.17, 15) is 28.4 Å². The van der Waals surface area contributed by atoms with Gasteiger partial charge < -0.3 is 10.4 Å². The maximum absolute atomic E-state index is 13.5. The quantitative estimate of drug-likeness (QED) is 0.450. The first-order valence-corrected chi connectivity index (χ1v) is 13.5. The summed E-state index contributed by atoms with van der Waals surface area (Å²) in [5.74, 6) is -2.27. The second kappa shape index (κ2) is 10.9. The smallest absolute Gasteiger partial charge is 0.310 e. The number of benzene rings is 3. The number of carboxylic acid groups (broad SMARTS) is 1. The number of nitrogens with zero attached hydrogens (tertiary/aromatic N) is 2. The fourth-order valence-corrected chi connectivity index (χ4v) is 6.40. The first-order chi connectivity index (χ1) is 17.8. The Bertz CT molecular complexity index is 1460. The van der Waals surface area contributed by atoms with Crippen molar-refractivity contribution in [2.24, 2.45) is 0 Å². The topological polar surface area (TPSA) is 128 Å². The highest BCUT2D eigenvalue weighted by atomic mass is 32.2. The number of aliphatic carboxylic acids is 1. The van der Waals surface area contributed by atoms with Crippen molar-refractivity contribution >= 4 is 27.6 Å². The van der Waals surface area contributed by atoms with Crippen molar-refractivity contribution in [3.05, 3.63) is 83.9 Å². The van der Waals surface area contributed by atoms with Crippen molar-refractivity contribution < 1.29 is 23.1 Å². The van der Waals surface area contributed by atoms with Crippen LogP contribution in [0.2, 0.25) is 0 Å². The number of carboxylic acids is 1. The molecule has 2 N–H and O–H groups in total. The Morgan fingerprint density at radius 1 is 1.08 bits per heavy atom. The first kappa shape index (κ1) is 26.1. The number of sulfonamides is 1. The number of carbonyl (C=O) groups excluding carboxylic acids is 1. The molecule has 1 aliphatic rings. The van der Waals surface area contributed by atoms with Crippen LogP contribution in [0.25, 0.3) is 11.1 Å². The molecule has 190 valence electrons. The number of anilines is 1. The van der Waals surface area contributed by atoms with Gasteiger partial charge in [0.15, 0.2) is 0 Å². The minimum absolute atomic E-state index is 0.118. The van der Waals surface area contributed by atoms with Gasteiger partial charge in [-0.05, 0) is 49.1 Å². The number of carbonyl (C=O) groups is 2. The molecule has 1 unspecified atom stereocenters. The van der Waals surface area contributed by atoms with Crippen molar-refractivity contribution in [3.63, 3.8) is 0 Å². The van der Waals surface area contributed by atoms with E-state index < -0.39 is 33.9 Å². The second-order valence-electron chi connectivity index (χ2n) is 8.84. The van der Waals surface area contributed by atoms with Crippen molar-refractivity contribution in [1.82, 2.24) is 4.31 Å². The molecule has 1 aliphatic heterocycles. The summed E-state index contributed by atoms with van der Waals surface area (Å²) in [6.45, 7) is 1.98. The van der Waals surface area contributed by atoms with Crippen LogP contribution in [0.15, 0.2) is 77.7 Å². The van der Waals surface area contributed by atoms with E-state index in [4.69, 9.17) is 0 Å². The summed E-state index contributed by atoms with van der Waals surface area (Å²) < 4.78 is 27.8. The number of nitrogens with one attached hydrogen (secondary N) is 1. The van der Waals surface area contributed by atoms with E-state index in [0.29, 0.717) is 47.2 Å².